The predicted molar refractivity (Wildman–Crippen MR) is 80.5 cm³/mol. The summed E-state index contributed by atoms with van der Waals surface area (Å²) in [5, 5.41) is 10.1. The van der Waals surface area contributed by atoms with E-state index in [1.54, 1.807) is 0 Å². The molecular weight excluding hydrogens is 252 g/mol. The van der Waals surface area contributed by atoms with Crippen molar-refractivity contribution < 1.29 is 9.90 Å². The maximum Gasteiger partial charge on any atom is 0.236 e. The first kappa shape index (κ1) is 15.8. The van der Waals surface area contributed by atoms with Crippen LogP contribution in [0.3, 0.4) is 0 Å². The lowest BCUT2D eigenvalue weighted by Gasteiger charge is -2.47. The van der Waals surface area contributed by atoms with E-state index in [-0.39, 0.29) is 5.91 Å². The van der Waals surface area contributed by atoms with Crippen LogP contribution in [0.2, 0.25) is 0 Å². The lowest BCUT2D eigenvalue weighted by Crippen LogP contribution is -2.63. The van der Waals surface area contributed by atoms with E-state index in [4.69, 9.17) is 0 Å². The van der Waals surface area contributed by atoms with Crippen LogP contribution in [0, 0.1) is 5.92 Å². The third kappa shape index (κ3) is 3.73. The lowest BCUT2D eigenvalue weighted by atomic mass is 9.86. The van der Waals surface area contributed by atoms with Crippen molar-refractivity contribution in [2.45, 2.75) is 64.0 Å². The van der Waals surface area contributed by atoms with Crippen molar-refractivity contribution >= 4 is 5.91 Å². The van der Waals surface area contributed by atoms with Gasteiger partial charge in [0.25, 0.3) is 0 Å². The van der Waals surface area contributed by atoms with Crippen LogP contribution in [0.1, 0.15) is 52.4 Å². The molecule has 1 heterocycles. The van der Waals surface area contributed by atoms with Crippen LogP contribution in [0.25, 0.3) is 0 Å². The smallest absolute Gasteiger partial charge is 0.236 e. The second-order valence-electron chi connectivity index (χ2n) is 7.04. The molecule has 1 aliphatic carbocycles. The monoisotopic (exact) mass is 282 g/mol. The molecular formula is C16H30N2O2. The zero-order valence-electron chi connectivity index (χ0n) is 13.3. The molecule has 20 heavy (non-hydrogen) atoms. The molecule has 1 N–H and O–H groups in total. The third-order valence-electron chi connectivity index (χ3n) is 5.04. The highest BCUT2D eigenvalue weighted by Gasteiger charge is 2.41. The van der Waals surface area contributed by atoms with Crippen LogP contribution in [0.5, 0.6) is 0 Å². The van der Waals surface area contributed by atoms with Crippen LogP contribution in [-0.4, -0.2) is 59.1 Å². The Bertz CT molecular complexity index is 331. The molecule has 0 aromatic heterocycles. The molecule has 0 spiro atoms. The zero-order chi connectivity index (χ0) is 14.8. The molecule has 0 atom stereocenters. The SMILES string of the molecule is CCCC1(O)CN(CC(=O)N(C)C2CCC(C)CC2)C1. The van der Waals surface area contributed by atoms with Gasteiger partial charge in [0.05, 0.1) is 12.1 Å². The van der Waals surface area contributed by atoms with Crippen molar-refractivity contribution in [3.05, 3.63) is 0 Å². The topological polar surface area (TPSA) is 43.8 Å². The van der Waals surface area contributed by atoms with Gasteiger partial charge < -0.3 is 10.0 Å². The number of aliphatic hydroxyl groups is 1. The molecule has 1 saturated heterocycles. The molecule has 0 bridgehead atoms. The van der Waals surface area contributed by atoms with Gasteiger partial charge >= 0.3 is 0 Å². The molecule has 2 rings (SSSR count). The van der Waals surface area contributed by atoms with E-state index >= 15 is 0 Å². The number of carbonyl (C=O) groups excluding carboxylic acids is 1. The molecule has 4 nitrogen and oxygen atoms in total. The molecule has 4 heteroatoms. The Morgan fingerprint density at radius 2 is 1.90 bits per heavy atom. The normalized spacial score (nSPS) is 29.8. The second kappa shape index (κ2) is 6.44. The van der Waals surface area contributed by atoms with Gasteiger partial charge in [-0.3, -0.25) is 9.69 Å². The fourth-order valence-electron chi connectivity index (χ4n) is 3.66. The molecule has 116 valence electrons. The fraction of sp³-hybridized carbons (Fsp3) is 0.938. The molecule has 1 saturated carbocycles. The Balaban J connectivity index is 1.73. The Morgan fingerprint density at radius 3 is 2.45 bits per heavy atom. The molecule has 1 aliphatic heterocycles. The van der Waals surface area contributed by atoms with Gasteiger partial charge in [0.15, 0.2) is 0 Å². The van der Waals surface area contributed by atoms with Crippen molar-refractivity contribution in [3.63, 3.8) is 0 Å². The van der Waals surface area contributed by atoms with Crippen molar-refractivity contribution in [2.75, 3.05) is 26.7 Å². The van der Waals surface area contributed by atoms with E-state index in [0.29, 0.717) is 25.7 Å². The summed E-state index contributed by atoms with van der Waals surface area (Å²) in [6.07, 6.45) is 6.60. The second-order valence-corrected chi connectivity index (χ2v) is 7.04. The van der Waals surface area contributed by atoms with Crippen LogP contribution in [0.4, 0.5) is 0 Å². The number of likely N-dealkylation sites (N-methyl/N-ethyl adjacent to an activating group) is 1. The summed E-state index contributed by atoms with van der Waals surface area (Å²) in [6.45, 7) is 6.16. The fourth-order valence-corrected chi connectivity index (χ4v) is 3.66. The van der Waals surface area contributed by atoms with Crippen LogP contribution >= 0.6 is 0 Å². The van der Waals surface area contributed by atoms with Gasteiger partial charge in [-0.25, -0.2) is 0 Å². The molecule has 2 fully saturated rings. The molecule has 0 radical (unpaired) electrons. The third-order valence-corrected chi connectivity index (χ3v) is 5.04. The lowest BCUT2D eigenvalue weighted by molar-refractivity contribution is -0.143. The van der Waals surface area contributed by atoms with Crippen LogP contribution in [0.15, 0.2) is 0 Å². The average Bonchev–Trinajstić information content (AvgIpc) is 2.37. The summed E-state index contributed by atoms with van der Waals surface area (Å²) >= 11 is 0. The number of amides is 1. The first-order valence-electron chi connectivity index (χ1n) is 8.14. The zero-order valence-corrected chi connectivity index (χ0v) is 13.3. The highest BCUT2D eigenvalue weighted by Crippen LogP contribution is 2.28. The van der Waals surface area contributed by atoms with Crippen LogP contribution in [-0.2, 0) is 4.79 Å². The summed E-state index contributed by atoms with van der Waals surface area (Å²) in [4.78, 5) is 16.3. The minimum Gasteiger partial charge on any atom is -0.387 e. The Hall–Kier alpha value is -0.610. The van der Waals surface area contributed by atoms with Crippen LogP contribution < -0.4 is 0 Å². The van der Waals surface area contributed by atoms with E-state index in [0.717, 1.165) is 31.6 Å². The average molecular weight is 282 g/mol. The number of carbonyl (C=O) groups is 1. The molecule has 1 amide bonds. The van der Waals surface area contributed by atoms with E-state index in [9.17, 15) is 9.90 Å². The Morgan fingerprint density at radius 1 is 1.30 bits per heavy atom. The maximum absolute atomic E-state index is 12.3. The van der Waals surface area contributed by atoms with Gasteiger partial charge in [0, 0.05) is 26.2 Å². The number of hydrogen-bond donors (Lipinski definition) is 1. The summed E-state index contributed by atoms with van der Waals surface area (Å²) in [5.41, 5.74) is -0.534. The van der Waals surface area contributed by atoms with Gasteiger partial charge in [-0.15, -0.1) is 0 Å². The summed E-state index contributed by atoms with van der Waals surface area (Å²) in [5.74, 6) is 1.03. The highest BCUT2D eigenvalue weighted by molar-refractivity contribution is 5.78. The van der Waals surface area contributed by atoms with Gasteiger partial charge in [-0.05, 0) is 38.0 Å². The molecule has 0 unspecified atom stereocenters. The van der Waals surface area contributed by atoms with Crippen molar-refractivity contribution in [3.8, 4) is 0 Å². The Labute approximate surface area is 123 Å². The number of likely N-dealkylation sites (tertiary alicyclic amines) is 1. The summed E-state index contributed by atoms with van der Waals surface area (Å²) in [7, 11) is 1.95. The molecule has 2 aliphatic rings. The minimum atomic E-state index is -0.534. The number of β-amino-alcohol motifs (C(OH)–C–C–N with tert-alkyl or cyclic N) is 1. The van der Waals surface area contributed by atoms with Crippen molar-refractivity contribution in [1.82, 2.24) is 9.80 Å². The summed E-state index contributed by atoms with van der Waals surface area (Å²) < 4.78 is 0. The largest absolute Gasteiger partial charge is 0.387 e. The maximum atomic E-state index is 12.3. The molecule has 0 aromatic carbocycles. The highest BCUT2D eigenvalue weighted by atomic mass is 16.3. The number of rotatable bonds is 5. The standard InChI is InChI=1S/C16H30N2O2/c1-4-9-16(20)11-18(12-16)10-15(19)17(3)14-7-5-13(2)6-8-14/h13-14,20H,4-12H2,1-3H3. The van der Waals surface area contributed by atoms with Gasteiger partial charge in [0.1, 0.15) is 0 Å². The van der Waals surface area contributed by atoms with E-state index in [2.05, 4.69) is 18.7 Å². The first-order valence-corrected chi connectivity index (χ1v) is 8.14. The number of nitrogens with zero attached hydrogens (tertiary/aromatic N) is 2. The van der Waals surface area contributed by atoms with Gasteiger partial charge in [-0.2, -0.15) is 0 Å². The summed E-state index contributed by atoms with van der Waals surface area (Å²) in [6, 6.07) is 0.425. The van der Waals surface area contributed by atoms with Gasteiger partial charge in [0.2, 0.25) is 5.91 Å². The quantitative estimate of drug-likeness (QED) is 0.837. The first-order chi connectivity index (χ1) is 9.43. The van der Waals surface area contributed by atoms with E-state index < -0.39 is 5.60 Å². The predicted octanol–water partition coefficient (Wildman–Crippen LogP) is 1.87. The minimum absolute atomic E-state index is 0.211. The van der Waals surface area contributed by atoms with E-state index in [1.807, 2.05) is 11.9 Å². The number of hydrogen-bond acceptors (Lipinski definition) is 3. The van der Waals surface area contributed by atoms with Crippen molar-refractivity contribution in [1.29, 1.82) is 0 Å². The van der Waals surface area contributed by atoms with Crippen molar-refractivity contribution in [2.24, 2.45) is 5.92 Å². The molecule has 0 aromatic rings. The Kier molecular flexibility index (Phi) is 5.08. The van der Waals surface area contributed by atoms with Gasteiger partial charge in [-0.1, -0.05) is 20.3 Å². The van der Waals surface area contributed by atoms with E-state index in [1.165, 1.54) is 12.8 Å².